The van der Waals surface area contributed by atoms with Gasteiger partial charge in [0.15, 0.2) is 12.6 Å². The fourth-order valence-electron chi connectivity index (χ4n) is 6.74. The van der Waals surface area contributed by atoms with Gasteiger partial charge in [-0.25, -0.2) is 15.0 Å². The van der Waals surface area contributed by atoms with E-state index in [0.29, 0.717) is 64.5 Å². The molecule has 8 bridgehead atoms. The van der Waals surface area contributed by atoms with Gasteiger partial charge in [0.25, 0.3) is 0 Å². The normalized spacial score (nSPS) is 19.8. The average molecular weight is 563 g/mol. The molecule has 0 aromatic carbocycles. The highest BCUT2D eigenvalue weighted by atomic mass is 16.2. The van der Waals surface area contributed by atoms with Crippen LogP contribution in [0.25, 0.3) is 11.6 Å². The zero-order chi connectivity index (χ0) is 30.5. The number of nitrogens with zero attached hydrogens (tertiary/aromatic N) is 3. The fourth-order valence-corrected chi connectivity index (χ4v) is 6.74. The van der Waals surface area contributed by atoms with E-state index in [2.05, 4.69) is 18.8 Å². The predicted molar refractivity (Wildman–Crippen MR) is 171 cm³/mol. The molecule has 0 saturated heterocycles. The van der Waals surface area contributed by atoms with Gasteiger partial charge in [0.2, 0.25) is 0 Å². The van der Waals surface area contributed by atoms with E-state index >= 15 is 0 Å². The number of aliphatic hydroxyl groups excluding tert-OH is 1. The highest BCUT2D eigenvalue weighted by Gasteiger charge is 2.34. The minimum absolute atomic E-state index is 0.440. The number of aliphatic imine (C=N–C) groups is 3. The Morgan fingerprint density at radius 3 is 1.90 bits per heavy atom. The topological polar surface area (TPSA) is 107 Å². The van der Waals surface area contributed by atoms with Crippen LogP contribution in [0.2, 0.25) is 0 Å². The largest absolute Gasteiger partial charge is 0.515 e. The standard InChI is InChI=1S/C35H38N4O3/c1-9-21-18(6)30-25(14-40)34-23(11-3)20(8)32(39-34)27(16-42)35-24(12-4)19(7)31(38-35)26(15-41)33-22(10-2)17(5)28(36-33)13-29(21)37-30/h13-16,37,42H,9-12H2,1-8H3/b27-16+,28-13?,31-26?,34-25?. The van der Waals surface area contributed by atoms with Crippen molar-refractivity contribution in [1.29, 1.82) is 0 Å². The van der Waals surface area contributed by atoms with Gasteiger partial charge in [0.05, 0.1) is 62.9 Å². The summed E-state index contributed by atoms with van der Waals surface area (Å²) in [5.74, 6) is 0. The summed E-state index contributed by atoms with van der Waals surface area (Å²) in [7, 11) is 0. The van der Waals surface area contributed by atoms with Gasteiger partial charge in [-0.3, -0.25) is 9.59 Å². The third kappa shape index (κ3) is 4.13. The number of rotatable bonds is 6. The molecule has 5 heterocycles. The molecule has 0 spiro atoms. The van der Waals surface area contributed by atoms with Crippen molar-refractivity contribution >= 4 is 41.4 Å². The Hall–Kier alpha value is -4.39. The first kappa shape index (κ1) is 29.1. The Kier molecular flexibility index (Phi) is 7.71. The van der Waals surface area contributed by atoms with Crippen LogP contribution < -0.4 is 0 Å². The van der Waals surface area contributed by atoms with Gasteiger partial charge >= 0.3 is 0 Å². The summed E-state index contributed by atoms with van der Waals surface area (Å²) in [5, 5.41) is 10.7. The molecule has 7 heteroatoms. The summed E-state index contributed by atoms with van der Waals surface area (Å²) in [6.45, 7) is 16.2. The number of carbonyl (C=O) groups excluding carboxylic acids is 2. The zero-order valence-corrected chi connectivity index (χ0v) is 25.7. The Morgan fingerprint density at radius 2 is 1.33 bits per heavy atom. The van der Waals surface area contributed by atoms with E-state index in [4.69, 9.17) is 15.0 Å². The molecule has 0 radical (unpaired) electrons. The van der Waals surface area contributed by atoms with E-state index in [-0.39, 0.29) is 0 Å². The minimum atomic E-state index is 0.440. The van der Waals surface area contributed by atoms with Crippen LogP contribution in [-0.2, 0) is 16.0 Å². The molecule has 0 amide bonds. The Labute approximate surface area is 247 Å². The first-order valence-corrected chi connectivity index (χ1v) is 14.8. The molecular formula is C35H38N4O3. The number of H-pyrrole nitrogens is 1. The first-order chi connectivity index (χ1) is 20.2. The number of hydrogen-bond acceptors (Lipinski definition) is 6. The summed E-state index contributed by atoms with van der Waals surface area (Å²) in [5.41, 5.74) is 14.5. The molecule has 5 rings (SSSR count). The summed E-state index contributed by atoms with van der Waals surface area (Å²) in [6, 6.07) is 0. The van der Waals surface area contributed by atoms with Crippen LogP contribution in [0.1, 0.15) is 90.2 Å². The number of aldehydes is 2. The summed E-state index contributed by atoms with van der Waals surface area (Å²) in [4.78, 5) is 44.2. The second-order valence-electron chi connectivity index (χ2n) is 11.0. The molecule has 4 aliphatic heterocycles. The van der Waals surface area contributed by atoms with E-state index in [9.17, 15) is 14.7 Å². The Morgan fingerprint density at radius 1 is 0.714 bits per heavy atom. The van der Waals surface area contributed by atoms with Gasteiger partial charge < -0.3 is 10.1 Å². The molecule has 0 unspecified atom stereocenters. The van der Waals surface area contributed by atoms with E-state index in [1.807, 2.05) is 47.6 Å². The second-order valence-corrected chi connectivity index (χ2v) is 11.0. The first-order valence-electron chi connectivity index (χ1n) is 14.8. The Bertz CT molecular complexity index is 1770. The summed E-state index contributed by atoms with van der Waals surface area (Å²) >= 11 is 0. The van der Waals surface area contributed by atoms with Gasteiger partial charge in [-0.2, -0.15) is 0 Å². The lowest BCUT2D eigenvalue weighted by atomic mass is 9.91. The third-order valence-electron chi connectivity index (χ3n) is 9.01. The molecule has 0 saturated carbocycles. The lowest BCUT2D eigenvalue weighted by Crippen LogP contribution is -2.14. The van der Waals surface area contributed by atoms with Gasteiger partial charge in [0.1, 0.15) is 0 Å². The number of carbonyl (C=O) groups is 2. The van der Waals surface area contributed by atoms with Crippen LogP contribution in [0.15, 0.2) is 82.9 Å². The van der Waals surface area contributed by atoms with Crippen molar-refractivity contribution in [2.75, 3.05) is 0 Å². The molecule has 0 aliphatic carbocycles. The number of aliphatic hydroxyl groups is 1. The van der Waals surface area contributed by atoms with E-state index in [0.717, 1.165) is 86.9 Å². The van der Waals surface area contributed by atoms with Crippen molar-refractivity contribution in [1.82, 2.24) is 4.98 Å². The minimum Gasteiger partial charge on any atom is -0.515 e. The highest BCUT2D eigenvalue weighted by Crippen LogP contribution is 2.41. The van der Waals surface area contributed by atoms with Crippen LogP contribution in [0.4, 0.5) is 0 Å². The number of nitrogens with one attached hydrogen (secondary N) is 1. The maximum atomic E-state index is 12.8. The Balaban J connectivity index is 1.98. The molecule has 0 atom stereocenters. The van der Waals surface area contributed by atoms with Gasteiger partial charge in [-0.1, -0.05) is 27.7 Å². The molecule has 42 heavy (non-hydrogen) atoms. The monoisotopic (exact) mass is 562 g/mol. The quantitative estimate of drug-likeness (QED) is 0.275. The van der Waals surface area contributed by atoms with Crippen LogP contribution in [0.5, 0.6) is 0 Å². The number of aromatic amines is 1. The van der Waals surface area contributed by atoms with E-state index in [1.165, 1.54) is 0 Å². The molecule has 1 aromatic heterocycles. The highest BCUT2D eigenvalue weighted by molar-refractivity contribution is 6.37. The van der Waals surface area contributed by atoms with Crippen molar-refractivity contribution < 1.29 is 14.7 Å². The number of hydrogen-bond donors (Lipinski definition) is 2. The van der Waals surface area contributed by atoms with Gasteiger partial charge in [0, 0.05) is 5.69 Å². The zero-order valence-electron chi connectivity index (χ0n) is 25.7. The van der Waals surface area contributed by atoms with Crippen LogP contribution in [0.3, 0.4) is 0 Å². The van der Waals surface area contributed by atoms with Gasteiger partial charge in [-0.15, -0.1) is 0 Å². The average Bonchev–Trinajstić information content (AvgIpc) is 3.68. The summed E-state index contributed by atoms with van der Waals surface area (Å²) in [6.07, 6.45) is 7.58. The molecule has 0 fully saturated rings. The maximum absolute atomic E-state index is 12.8. The molecule has 7 nitrogen and oxygen atoms in total. The molecule has 1 aromatic rings. The fraction of sp³-hybridized carbons (Fsp3) is 0.343. The van der Waals surface area contributed by atoms with Crippen molar-refractivity contribution in [2.45, 2.75) is 81.1 Å². The lowest BCUT2D eigenvalue weighted by molar-refractivity contribution is -0.104. The van der Waals surface area contributed by atoms with Crippen LogP contribution in [-0.4, -0.2) is 39.8 Å². The third-order valence-corrected chi connectivity index (χ3v) is 9.01. The number of allylic oxidation sites excluding steroid dienone is 9. The maximum Gasteiger partial charge on any atom is 0.154 e. The molecule has 216 valence electrons. The van der Waals surface area contributed by atoms with Crippen molar-refractivity contribution in [3.63, 3.8) is 0 Å². The lowest BCUT2D eigenvalue weighted by Gasteiger charge is -2.10. The van der Waals surface area contributed by atoms with E-state index < -0.39 is 0 Å². The second kappa shape index (κ2) is 11.1. The van der Waals surface area contributed by atoms with Crippen molar-refractivity contribution in [2.24, 2.45) is 15.0 Å². The van der Waals surface area contributed by atoms with Crippen LogP contribution in [0, 0.1) is 6.92 Å². The van der Waals surface area contributed by atoms with Gasteiger partial charge in [-0.05, 0) is 104 Å². The van der Waals surface area contributed by atoms with Crippen molar-refractivity contribution in [3.05, 3.63) is 90.5 Å². The molecule has 4 aliphatic rings. The molecule has 2 N–H and O–H groups in total. The SMILES string of the molecule is CCC1=C(C)C2=Cc3[nH]c(c(C)c3CC)C(C=O)=C3N=C(C(C)=C3CC)/C(=C\O)C3=NC(=C(C=O)C1=N2)C(C)=C3CC. The smallest absolute Gasteiger partial charge is 0.154 e. The number of fused-ring (bicyclic) bond motifs is 5. The summed E-state index contributed by atoms with van der Waals surface area (Å²) < 4.78 is 0. The van der Waals surface area contributed by atoms with Crippen LogP contribution >= 0.6 is 0 Å². The van der Waals surface area contributed by atoms with E-state index in [1.54, 1.807) is 0 Å². The van der Waals surface area contributed by atoms with Crippen molar-refractivity contribution in [3.8, 4) is 0 Å². The predicted octanol–water partition coefficient (Wildman–Crippen LogP) is 7.59. The number of aromatic nitrogens is 1. The molecular weight excluding hydrogens is 524 g/mol.